The maximum absolute atomic E-state index is 11.7. The lowest BCUT2D eigenvalue weighted by Crippen LogP contribution is -2.43. The zero-order valence-electron chi connectivity index (χ0n) is 14.0. The van der Waals surface area contributed by atoms with Crippen LogP contribution in [-0.4, -0.2) is 39.3 Å². The topological polar surface area (TPSA) is 90.6 Å². The summed E-state index contributed by atoms with van der Waals surface area (Å²) in [6, 6.07) is 9.30. The average molecular weight is 338 g/mol. The Morgan fingerprint density at radius 2 is 1.83 bits per heavy atom. The van der Waals surface area contributed by atoms with Crippen LogP contribution in [-0.2, 0) is 20.9 Å². The first-order chi connectivity index (χ1) is 10.8. The van der Waals surface area contributed by atoms with Crippen LogP contribution < -0.4 is 11.1 Å². The van der Waals surface area contributed by atoms with Gasteiger partial charge < -0.3 is 20.5 Å². The third-order valence-corrected chi connectivity index (χ3v) is 4.78. The molecule has 1 aromatic rings. The molecule has 0 saturated heterocycles. The summed E-state index contributed by atoms with van der Waals surface area (Å²) in [7, 11) is -1.23. The highest BCUT2D eigenvalue weighted by Crippen LogP contribution is 2.07. The predicted molar refractivity (Wildman–Crippen MR) is 91.7 cm³/mol. The standard InChI is InChI=1S/C16H26N2O4Si/c1-23(2,3)10-9-21-16(20)18-11-14(17)15(19)22-12-13-7-5-4-6-8-13/h4-8,14H,9-12,17H2,1-3H3,(H,18,20)/t14-/m1/s1. The SMILES string of the molecule is C[Si](C)(C)CCOC(=O)NC[C@@H](N)C(=O)OCc1ccccc1. The van der Waals surface area contributed by atoms with E-state index in [4.69, 9.17) is 15.2 Å². The highest BCUT2D eigenvalue weighted by atomic mass is 28.3. The van der Waals surface area contributed by atoms with Gasteiger partial charge in [-0.2, -0.15) is 0 Å². The highest BCUT2D eigenvalue weighted by molar-refractivity contribution is 6.76. The first-order valence-corrected chi connectivity index (χ1v) is 11.4. The zero-order valence-corrected chi connectivity index (χ0v) is 15.0. The number of esters is 1. The molecular formula is C16H26N2O4Si. The van der Waals surface area contributed by atoms with Crippen LogP contribution in [0.2, 0.25) is 25.7 Å². The normalized spacial score (nSPS) is 12.3. The van der Waals surface area contributed by atoms with Gasteiger partial charge in [-0.05, 0) is 11.6 Å². The minimum Gasteiger partial charge on any atom is -0.460 e. The summed E-state index contributed by atoms with van der Waals surface area (Å²) in [4.78, 5) is 23.3. The molecular weight excluding hydrogens is 312 g/mol. The van der Waals surface area contributed by atoms with Crippen LogP contribution in [0.15, 0.2) is 30.3 Å². The summed E-state index contributed by atoms with van der Waals surface area (Å²) in [5, 5.41) is 2.48. The molecule has 6 nitrogen and oxygen atoms in total. The number of benzene rings is 1. The van der Waals surface area contributed by atoms with E-state index in [0.717, 1.165) is 11.6 Å². The molecule has 0 radical (unpaired) electrons. The molecule has 7 heteroatoms. The van der Waals surface area contributed by atoms with Crippen LogP contribution >= 0.6 is 0 Å². The van der Waals surface area contributed by atoms with E-state index in [-0.39, 0.29) is 13.2 Å². The molecule has 0 aliphatic heterocycles. The van der Waals surface area contributed by atoms with Crippen molar-refractivity contribution in [2.24, 2.45) is 5.73 Å². The Labute approximate surface area is 138 Å². The van der Waals surface area contributed by atoms with Crippen molar-refractivity contribution >= 4 is 20.1 Å². The number of alkyl carbamates (subject to hydrolysis) is 1. The number of nitrogens with one attached hydrogen (secondary N) is 1. The van der Waals surface area contributed by atoms with Crippen molar-refractivity contribution < 1.29 is 19.1 Å². The van der Waals surface area contributed by atoms with Gasteiger partial charge in [0.1, 0.15) is 12.6 Å². The molecule has 0 saturated carbocycles. The molecule has 1 amide bonds. The smallest absolute Gasteiger partial charge is 0.407 e. The van der Waals surface area contributed by atoms with Gasteiger partial charge in [0, 0.05) is 14.6 Å². The number of carbonyl (C=O) groups excluding carboxylic acids is 2. The predicted octanol–water partition coefficient (Wildman–Crippen LogP) is 2.12. The Hall–Kier alpha value is -1.86. The second kappa shape index (κ2) is 9.31. The summed E-state index contributed by atoms with van der Waals surface area (Å²) in [5.41, 5.74) is 6.57. The van der Waals surface area contributed by atoms with E-state index in [1.807, 2.05) is 30.3 Å². The second-order valence-corrected chi connectivity index (χ2v) is 12.1. The molecule has 0 heterocycles. The number of amides is 1. The Kier molecular flexibility index (Phi) is 7.77. The fourth-order valence-corrected chi connectivity index (χ4v) is 2.33. The molecule has 0 bridgehead atoms. The van der Waals surface area contributed by atoms with Crippen molar-refractivity contribution in [1.82, 2.24) is 5.32 Å². The van der Waals surface area contributed by atoms with Gasteiger partial charge in [0.2, 0.25) is 0 Å². The Balaban J connectivity index is 2.20. The lowest BCUT2D eigenvalue weighted by atomic mass is 10.2. The molecule has 0 aliphatic rings. The minimum absolute atomic E-state index is 0.0145. The van der Waals surface area contributed by atoms with Crippen LogP contribution in [0.25, 0.3) is 0 Å². The molecule has 0 aliphatic carbocycles. The lowest BCUT2D eigenvalue weighted by Gasteiger charge is -2.16. The van der Waals surface area contributed by atoms with Crippen LogP contribution in [0.3, 0.4) is 0 Å². The third-order valence-electron chi connectivity index (χ3n) is 3.08. The maximum atomic E-state index is 11.7. The third kappa shape index (κ3) is 8.99. The van der Waals surface area contributed by atoms with Gasteiger partial charge in [-0.15, -0.1) is 0 Å². The van der Waals surface area contributed by atoms with Gasteiger partial charge in [-0.25, -0.2) is 4.79 Å². The van der Waals surface area contributed by atoms with Crippen molar-refractivity contribution in [2.75, 3.05) is 13.2 Å². The first-order valence-electron chi connectivity index (χ1n) is 7.65. The van der Waals surface area contributed by atoms with E-state index in [9.17, 15) is 9.59 Å². The van der Waals surface area contributed by atoms with Crippen molar-refractivity contribution in [2.45, 2.75) is 38.3 Å². The Bertz CT molecular complexity index is 503. The average Bonchev–Trinajstić information content (AvgIpc) is 2.50. The first kappa shape index (κ1) is 19.2. The summed E-state index contributed by atoms with van der Waals surface area (Å²) >= 11 is 0. The molecule has 1 atom stereocenters. The molecule has 0 aromatic heterocycles. The van der Waals surface area contributed by atoms with Gasteiger partial charge in [0.25, 0.3) is 0 Å². The number of ether oxygens (including phenoxy) is 2. The number of carbonyl (C=O) groups is 2. The number of rotatable bonds is 8. The van der Waals surface area contributed by atoms with Crippen molar-refractivity contribution in [3.63, 3.8) is 0 Å². The maximum Gasteiger partial charge on any atom is 0.407 e. The lowest BCUT2D eigenvalue weighted by molar-refractivity contribution is -0.146. The fourth-order valence-electron chi connectivity index (χ4n) is 1.61. The molecule has 1 rings (SSSR count). The zero-order chi connectivity index (χ0) is 17.3. The van der Waals surface area contributed by atoms with Gasteiger partial charge in [-0.1, -0.05) is 50.0 Å². The van der Waals surface area contributed by atoms with Gasteiger partial charge in [0.05, 0.1) is 6.61 Å². The van der Waals surface area contributed by atoms with Crippen LogP contribution in [0.4, 0.5) is 4.79 Å². The van der Waals surface area contributed by atoms with Crippen molar-refractivity contribution in [3.05, 3.63) is 35.9 Å². The van der Waals surface area contributed by atoms with Crippen LogP contribution in [0.5, 0.6) is 0 Å². The van der Waals surface area contributed by atoms with E-state index in [0.29, 0.717) is 6.61 Å². The quantitative estimate of drug-likeness (QED) is 0.560. The van der Waals surface area contributed by atoms with Gasteiger partial charge in [-0.3, -0.25) is 4.79 Å². The number of hydrogen-bond donors (Lipinski definition) is 2. The summed E-state index contributed by atoms with van der Waals surface area (Å²) in [5.74, 6) is -0.559. The molecule has 1 aromatic carbocycles. The van der Waals surface area contributed by atoms with Crippen LogP contribution in [0, 0.1) is 0 Å². The number of nitrogens with two attached hydrogens (primary N) is 1. The Morgan fingerprint density at radius 1 is 1.17 bits per heavy atom. The molecule has 0 spiro atoms. The van der Waals surface area contributed by atoms with E-state index >= 15 is 0 Å². The minimum atomic E-state index is -1.23. The molecule has 0 unspecified atom stereocenters. The molecule has 0 fully saturated rings. The molecule has 128 valence electrons. The second-order valence-electron chi connectivity index (χ2n) is 6.53. The van der Waals surface area contributed by atoms with Crippen molar-refractivity contribution in [1.29, 1.82) is 0 Å². The number of hydrogen-bond acceptors (Lipinski definition) is 5. The summed E-state index contributed by atoms with van der Waals surface area (Å²) < 4.78 is 10.2. The van der Waals surface area contributed by atoms with E-state index in [1.54, 1.807) is 0 Å². The van der Waals surface area contributed by atoms with Crippen molar-refractivity contribution in [3.8, 4) is 0 Å². The fraction of sp³-hybridized carbons (Fsp3) is 0.500. The van der Waals surface area contributed by atoms with E-state index < -0.39 is 26.2 Å². The summed E-state index contributed by atoms with van der Waals surface area (Å²) in [6.45, 7) is 7.13. The van der Waals surface area contributed by atoms with Crippen LogP contribution in [0.1, 0.15) is 5.56 Å². The van der Waals surface area contributed by atoms with Gasteiger partial charge >= 0.3 is 12.1 Å². The monoisotopic (exact) mass is 338 g/mol. The summed E-state index contributed by atoms with van der Waals surface area (Å²) in [6.07, 6.45) is -0.561. The van der Waals surface area contributed by atoms with Gasteiger partial charge in [0.15, 0.2) is 0 Å². The molecule has 23 heavy (non-hydrogen) atoms. The Morgan fingerprint density at radius 3 is 2.43 bits per heavy atom. The van der Waals surface area contributed by atoms with E-state index in [1.165, 1.54) is 0 Å². The molecule has 3 N–H and O–H groups in total. The highest BCUT2D eigenvalue weighted by Gasteiger charge is 2.17. The van der Waals surface area contributed by atoms with E-state index in [2.05, 4.69) is 25.0 Å². The largest absolute Gasteiger partial charge is 0.460 e.